The SMILES string of the molecule is CC(C)C1CC2C(c3ccccc3)=CC=CC2C1[Si](C)(C)N1CCNCC1. The van der Waals surface area contributed by atoms with Crippen molar-refractivity contribution < 1.29 is 0 Å². The Morgan fingerprint density at radius 2 is 1.78 bits per heavy atom. The lowest BCUT2D eigenvalue weighted by molar-refractivity contribution is 0.320. The van der Waals surface area contributed by atoms with Crippen molar-refractivity contribution in [2.75, 3.05) is 26.2 Å². The number of nitrogens with zero attached hydrogens (tertiary/aromatic N) is 1. The molecular weight excluding hydrogens is 344 g/mol. The minimum Gasteiger partial charge on any atom is -0.321 e. The number of benzene rings is 1. The highest BCUT2D eigenvalue weighted by molar-refractivity contribution is 6.76. The van der Waals surface area contributed by atoms with Crippen molar-refractivity contribution in [1.82, 2.24) is 9.88 Å². The van der Waals surface area contributed by atoms with E-state index in [1.807, 2.05) is 0 Å². The number of piperazine rings is 1. The third-order valence-electron chi connectivity index (χ3n) is 7.59. The molecule has 1 N–H and O–H groups in total. The average Bonchev–Trinajstić information content (AvgIpc) is 3.10. The van der Waals surface area contributed by atoms with Crippen LogP contribution in [0, 0.1) is 23.7 Å². The zero-order chi connectivity index (χ0) is 19.0. The Morgan fingerprint density at radius 3 is 2.44 bits per heavy atom. The van der Waals surface area contributed by atoms with E-state index in [2.05, 4.69) is 85.4 Å². The van der Waals surface area contributed by atoms with E-state index in [0.717, 1.165) is 30.5 Å². The summed E-state index contributed by atoms with van der Waals surface area (Å²) in [5.74, 6) is 3.02. The highest BCUT2D eigenvalue weighted by Crippen LogP contribution is 2.59. The molecule has 3 heteroatoms. The van der Waals surface area contributed by atoms with Crippen LogP contribution in [0.5, 0.6) is 0 Å². The summed E-state index contributed by atoms with van der Waals surface area (Å²) in [6.07, 6.45) is 8.69. The first-order chi connectivity index (χ1) is 13.0. The quantitative estimate of drug-likeness (QED) is 0.737. The molecule has 0 amide bonds. The number of fused-ring (bicyclic) bond motifs is 1. The normalized spacial score (nSPS) is 31.8. The molecule has 0 aromatic heterocycles. The first kappa shape index (κ1) is 19.2. The second kappa shape index (κ2) is 7.69. The molecular formula is C24H36N2Si. The average molecular weight is 381 g/mol. The Hall–Kier alpha value is -1.16. The Balaban J connectivity index is 1.68. The first-order valence-electron chi connectivity index (χ1n) is 10.9. The lowest BCUT2D eigenvalue weighted by atomic mass is 9.81. The van der Waals surface area contributed by atoms with E-state index in [9.17, 15) is 0 Å². The van der Waals surface area contributed by atoms with E-state index in [4.69, 9.17) is 0 Å². The van der Waals surface area contributed by atoms with Crippen LogP contribution in [0.15, 0.2) is 48.6 Å². The van der Waals surface area contributed by atoms with Gasteiger partial charge < -0.3 is 9.88 Å². The molecule has 0 spiro atoms. The van der Waals surface area contributed by atoms with Crippen molar-refractivity contribution in [3.8, 4) is 0 Å². The van der Waals surface area contributed by atoms with Crippen LogP contribution in [0.2, 0.25) is 18.6 Å². The lowest BCUT2D eigenvalue weighted by Gasteiger charge is -2.48. The third kappa shape index (κ3) is 3.50. The molecule has 2 fully saturated rings. The molecule has 2 nitrogen and oxygen atoms in total. The van der Waals surface area contributed by atoms with Gasteiger partial charge in [0, 0.05) is 26.2 Å². The van der Waals surface area contributed by atoms with E-state index in [0.29, 0.717) is 11.8 Å². The van der Waals surface area contributed by atoms with Gasteiger partial charge in [-0.3, -0.25) is 0 Å². The minimum atomic E-state index is -1.52. The fraction of sp³-hybridized carbons (Fsp3) is 0.583. The van der Waals surface area contributed by atoms with Gasteiger partial charge in [-0.1, -0.05) is 75.5 Å². The molecule has 1 aromatic carbocycles. The predicted octanol–water partition coefficient (Wildman–Crippen LogP) is 5.03. The predicted molar refractivity (Wildman–Crippen MR) is 119 cm³/mol. The summed E-state index contributed by atoms with van der Waals surface area (Å²) in [4.78, 5) is 0. The van der Waals surface area contributed by atoms with Gasteiger partial charge in [0.15, 0.2) is 0 Å². The van der Waals surface area contributed by atoms with Crippen molar-refractivity contribution in [2.45, 2.75) is 38.9 Å². The maximum Gasteiger partial charge on any atom is 0.126 e. The fourth-order valence-electron chi connectivity index (χ4n) is 6.21. The summed E-state index contributed by atoms with van der Waals surface area (Å²) in [6.45, 7) is 15.1. The summed E-state index contributed by atoms with van der Waals surface area (Å²) in [6, 6.07) is 11.1. The highest BCUT2D eigenvalue weighted by atomic mass is 28.3. The molecule has 0 radical (unpaired) electrons. The Bertz CT molecular complexity index is 700. The number of hydrogen-bond donors (Lipinski definition) is 1. The van der Waals surface area contributed by atoms with Crippen LogP contribution in [-0.2, 0) is 0 Å². The molecule has 4 atom stereocenters. The molecule has 146 valence electrons. The summed E-state index contributed by atoms with van der Waals surface area (Å²) in [5.41, 5.74) is 3.87. The van der Waals surface area contributed by atoms with Crippen LogP contribution in [0.1, 0.15) is 25.8 Å². The van der Waals surface area contributed by atoms with Gasteiger partial charge in [-0.25, -0.2) is 0 Å². The van der Waals surface area contributed by atoms with Gasteiger partial charge in [0.25, 0.3) is 0 Å². The van der Waals surface area contributed by atoms with Gasteiger partial charge >= 0.3 is 0 Å². The second-order valence-electron chi connectivity index (χ2n) is 9.62. The maximum atomic E-state index is 3.55. The smallest absolute Gasteiger partial charge is 0.126 e. The number of nitrogens with one attached hydrogen (secondary N) is 1. The van der Waals surface area contributed by atoms with E-state index >= 15 is 0 Å². The van der Waals surface area contributed by atoms with Crippen LogP contribution in [0.25, 0.3) is 5.57 Å². The molecule has 4 unspecified atom stereocenters. The van der Waals surface area contributed by atoms with Crippen molar-refractivity contribution >= 4 is 13.8 Å². The molecule has 27 heavy (non-hydrogen) atoms. The van der Waals surface area contributed by atoms with E-state index in [-0.39, 0.29) is 0 Å². The van der Waals surface area contributed by atoms with Crippen LogP contribution >= 0.6 is 0 Å². The molecule has 2 aliphatic carbocycles. The standard InChI is InChI=1S/C24H36N2Si/c1-18(2)22-17-23-20(19-9-6-5-7-10-19)11-8-12-21(23)24(22)27(3,4)26-15-13-25-14-16-26/h5-12,18,21-25H,13-17H2,1-4H3. The van der Waals surface area contributed by atoms with Crippen molar-refractivity contribution in [3.63, 3.8) is 0 Å². The molecule has 1 aromatic rings. The monoisotopic (exact) mass is 380 g/mol. The van der Waals surface area contributed by atoms with Gasteiger partial charge in [0.05, 0.1) is 0 Å². The van der Waals surface area contributed by atoms with Gasteiger partial charge in [0.1, 0.15) is 8.24 Å². The molecule has 4 rings (SSSR count). The van der Waals surface area contributed by atoms with Crippen molar-refractivity contribution in [1.29, 1.82) is 0 Å². The topological polar surface area (TPSA) is 15.3 Å². The second-order valence-corrected chi connectivity index (χ2v) is 14.2. The van der Waals surface area contributed by atoms with Crippen molar-refractivity contribution in [2.24, 2.45) is 23.7 Å². The van der Waals surface area contributed by atoms with Crippen LogP contribution in [0.4, 0.5) is 0 Å². The van der Waals surface area contributed by atoms with E-state index < -0.39 is 8.24 Å². The van der Waals surface area contributed by atoms with Gasteiger partial charge in [-0.05, 0) is 46.8 Å². The van der Waals surface area contributed by atoms with E-state index in [1.165, 1.54) is 25.1 Å². The highest BCUT2D eigenvalue weighted by Gasteiger charge is 2.54. The fourth-order valence-corrected chi connectivity index (χ4v) is 10.9. The molecule has 1 saturated heterocycles. The van der Waals surface area contributed by atoms with Gasteiger partial charge in [-0.15, -0.1) is 0 Å². The van der Waals surface area contributed by atoms with Crippen LogP contribution in [0.3, 0.4) is 0 Å². The Morgan fingerprint density at radius 1 is 1.07 bits per heavy atom. The number of rotatable bonds is 4. The Kier molecular flexibility index (Phi) is 5.46. The molecule has 0 bridgehead atoms. The largest absolute Gasteiger partial charge is 0.321 e. The van der Waals surface area contributed by atoms with Crippen LogP contribution < -0.4 is 5.32 Å². The molecule has 3 aliphatic rings. The summed E-state index contributed by atoms with van der Waals surface area (Å²) in [7, 11) is -1.52. The summed E-state index contributed by atoms with van der Waals surface area (Å²) < 4.78 is 2.90. The molecule has 1 saturated carbocycles. The summed E-state index contributed by atoms with van der Waals surface area (Å²) >= 11 is 0. The minimum absolute atomic E-state index is 0.699. The number of allylic oxidation sites excluding steroid dienone is 4. The Labute approximate surface area is 166 Å². The number of hydrogen-bond acceptors (Lipinski definition) is 2. The first-order valence-corrected chi connectivity index (χ1v) is 13.9. The van der Waals surface area contributed by atoms with Crippen LogP contribution in [-0.4, -0.2) is 39.0 Å². The van der Waals surface area contributed by atoms with Gasteiger partial charge in [0.2, 0.25) is 0 Å². The maximum absolute atomic E-state index is 3.55. The van der Waals surface area contributed by atoms with Crippen molar-refractivity contribution in [3.05, 3.63) is 54.1 Å². The zero-order valence-electron chi connectivity index (χ0n) is 17.5. The molecule has 1 aliphatic heterocycles. The molecule has 1 heterocycles. The third-order valence-corrected chi connectivity index (χ3v) is 12.1. The zero-order valence-corrected chi connectivity index (χ0v) is 18.5. The van der Waals surface area contributed by atoms with Gasteiger partial charge in [-0.2, -0.15) is 0 Å². The van der Waals surface area contributed by atoms with E-state index in [1.54, 1.807) is 5.57 Å². The summed E-state index contributed by atoms with van der Waals surface area (Å²) in [5, 5.41) is 3.55. The lowest BCUT2D eigenvalue weighted by Crippen LogP contribution is -2.60.